The number of aliphatic imine (C=N–C) groups is 1. The molecule has 0 bridgehead atoms. The van der Waals surface area contributed by atoms with Crippen LogP contribution in [-0.2, 0) is 5.79 Å². The van der Waals surface area contributed by atoms with Crippen LogP contribution in [0.2, 0.25) is 5.02 Å². The van der Waals surface area contributed by atoms with E-state index in [9.17, 15) is 0 Å². The molecule has 2 aromatic rings. The van der Waals surface area contributed by atoms with Gasteiger partial charge in [0.2, 0.25) is 5.79 Å². The zero-order valence-electron chi connectivity index (χ0n) is 17.7. The summed E-state index contributed by atoms with van der Waals surface area (Å²) in [5, 5.41) is 10.9. The average molecular weight is 442 g/mol. The van der Waals surface area contributed by atoms with E-state index in [1.807, 2.05) is 48.7 Å². The van der Waals surface area contributed by atoms with E-state index in [-0.39, 0.29) is 0 Å². The van der Waals surface area contributed by atoms with Crippen LogP contribution in [0.3, 0.4) is 0 Å². The molecular weight excluding hydrogens is 414 g/mol. The molecule has 1 saturated heterocycles. The van der Waals surface area contributed by atoms with Crippen LogP contribution in [-0.4, -0.2) is 39.2 Å². The van der Waals surface area contributed by atoms with Crippen LogP contribution in [0, 0.1) is 0 Å². The van der Waals surface area contributed by atoms with Crippen molar-refractivity contribution in [2.24, 2.45) is 10.7 Å². The SMILES string of the molecule is COc1ccc(C2=CNC(N)(c3cccc(Cl)c3)N=C2NC2CCNCC2)cc1OC. The van der Waals surface area contributed by atoms with Gasteiger partial charge in [-0.1, -0.05) is 29.8 Å². The van der Waals surface area contributed by atoms with Crippen molar-refractivity contribution in [2.45, 2.75) is 24.7 Å². The summed E-state index contributed by atoms with van der Waals surface area (Å²) >= 11 is 6.21. The van der Waals surface area contributed by atoms with Crippen molar-refractivity contribution >= 4 is 23.0 Å². The van der Waals surface area contributed by atoms with Crippen molar-refractivity contribution in [3.8, 4) is 11.5 Å². The Morgan fingerprint density at radius 2 is 1.87 bits per heavy atom. The number of rotatable bonds is 5. The van der Waals surface area contributed by atoms with E-state index in [1.54, 1.807) is 14.2 Å². The first-order chi connectivity index (χ1) is 15.0. The second kappa shape index (κ2) is 9.18. The third-order valence-corrected chi connectivity index (χ3v) is 5.85. The number of amidine groups is 1. The number of nitrogens with two attached hydrogens (primary N) is 1. The molecule has 4 rings (SSSR count). The number of nitrogens with zero attached hydrogens (tertiary/aromatic N) is 1. The number of benzene rings is 2. The number of halogens is 1. The van der Waals surface area contributed by atoms with Gasteiger partial charge in [-0.15, -0.1) is 0 Å². The summed E-state index contributed by atoms with van der Waals surface area (Å²) in [6.07, 6.45) is 3.93. The third kappa shape index (κ3) is 4.63. The smallest absolute Gasteiger partial charge is 0.211 e. The van der Waals surface area contributed by atoms with Crippen LogP contribution in [0.5, 0.6) is 11.5 Å². The average Bonchev–Trinajstić information content (AvgIpc) is 2.79. The molecule has 8 heteroatoms. The van der Waals surface area contributed by atoms with Gasteiger partial charge in [0.25, 0.3) is 0 Å². The van der Waals surface area contributed by atoms with Crippen LogP contribution < -0.4 is 31.2 Å². The monoisotopic (exact) mass is 441 g/mol. The molecule has 0 spiro atoms. The Hall–Kier alpha value is -2.74. The van der Waals surface area contributed by atoms with E-state index in [2.05, 4.69) is 16.0 Å². The Balaban J connectivity index is 1.72. The van der Waals surface area contributed by atoms with Gasteiger partial charge < -0.3 is 25.4 Å². The van der Waals surface area contributed by atoms with Crippen LogP contribution >= 0.6 is 11.6 Å². The standard InChI is InChI=1S/C23H28ClN5O2/c1-30-20-7-6-15(12-21(20)31-2)19-14-27-23(25,16-4-3-5-17(24)13-16)29-22(19)28-18-8-10-26-11-9-18/h3-7,12-14,18,26-27H,8-11,25H2,1-2H3,(H,28,29). The van der Waals surface area contributed by atoms with E-state index >= 15 is 0 Å². The molecule has 7 nitrogen and oxygen atoms in total. The van der Waals surface area contributed by atoms with Crippen molar-refractivity contribution in [2.75, 3.05) is 27.3 Å². The Morgan fingerprint density at radius 3 is 2.58 bits per heavy atom. The fourth-order valence-electron chi connectivity index (χ4n) is 3.89. The topological polar surface area (TPSA) is 92.9 Å². The van der Waals surface area contributed by atoms with Gasteiger partial charge in [0.15, 0.2) is 11.5 Å². The van der Waals surface area contributed by atoms with E-state index in [1.165, 1.54) is 0 Å². The number of ether oxygens (including phenoxy) is 2. The normalized spacial score (nSPS) is 21.5. The van der Waals surface area contributed by atoms with Gasteiger partial charge in [-0.2, -0.15) is 0 Å². The molecule has 0 saturated carbocycles. The van der Waals surface area contributed by atoms with Crippen LogP contribution in [0.4, 0.5) is 0 Å². The molecule has 1 atom stereocenters. The highest BCUT2D eigenvalue weighted by atomic mass is 35.5. The highest BCUT2D eigenvalue weighted by Gasteiger charge is 2.32. The number of piperidine rings is 1. The molecule has 0 amide bonds. The quantitative estimate of drug-likeness (QED) is 0.570. The van der Waals surface area contributed by atoms with E-state index < -0.39 is 5.79 Å². The molecule has 0 aliphatic carbocycles. The molecule has 0 radical (unpaired) electrons. The van der Waals surface area contributed by atoms with Gasteiger partial charge in [-0.3, -0.25) is 5.73 Å². The van der Waals surface area contributed by atoms with Crippen LogP contribution in [0.25, 0.3) is 5.57 Å². The van der Waals surface area contributed by atoms with Crippen molar-refractivity contribution in [3.05, 3.63) is 64.8 Å². The molecule has 1 unspecified atom stereocenters. The fourth-order valence-corrected chi connectivity index (χ4v) is 4.08. The molecule has 0 aromatic heterocycles. The largest absolute Gasteiger partial charge is 0.493 e. The fraction of sp³-hybridized carbons (Fsp3) is 0.348. The number of hydrogen-bond donors (Lipinski definition) is 4. The predicted octanol–water partition coefficient (Wildman–Crippen LogP) is 2.81. The van der Waals surface area contributed by atoms with Gasteiger partial charge in [0.05, 0.1) is 14.2 Å². The summed E-state index contributed by atoms with van der Waals surface area (Å²) in [7, 11) is 3.25. The molecule has 2 aromatic carbocycles. The summed E-state index contributed by atoms with van der Waals surface area (Å²) in [4.78, 5) is 4.93. The predicted molar refractivity (Wildman–Crippen MR) is 124 cm³/mol. The summed E-state index contributed by atoms with van der Waals surface area (Å²) in [5.74, 6) is 0.939. The summed E-state index contributed by atoms with van der Waals surface area (Å²) < 4.78 is 10.9. The Morgan fingerprint density at radius 1 is 1.10 bits per heavy atom. The number of methoxy groups -OCH3 is 2. The lowest BCUT2D eigenvalue weighted by Gasteiger charge is -2.34. The third-order valence-electron chi connectivity index (χ3n) is 5.62. The van der Waals surface area contributed by atoms with E-state index in [4.69, 9.17) is 31.8 Å². The first kappa shape index (κ1) is 21.5. The van der Waals surface area contributed by atoms with E-state index in [0.717, 1.165) is 48.5 Å². The van der Waals surface area contributed by atoms with Gasteiger partial charge in [0, 0.05) is 28.4 Å². The van der Waals surface area contributed by atoms with Crippen molar-refractivity contribution in [1.29, 1.82) is 0 Å². The molecule has 2 aliphatic heterocycles. The molecule has 5 N–H and O–H groups in total. The lowest BCUT2D eigenvalue weighted by molar-refractivity contribution is 0.355. The first-order valence-electron chi connectivity index (χ1n) is 10.3. The van der Waals surface area contributed by atoms with Gasteiger partial charge in [0.1, 0.15) is 5.84 Å². The minimum Gasteiger partial charge on any atom is -0.493 e. The molecule has 2 aliphatic rings. The van der Waals surface area contributed by atoms with Crippen LogP contribution in [0.15, 0.2) is 53.7 Å². The lowest BCUT2D eigenvalue weighted by atomic mass is 9.99. The maximum atomic E-state index is 6.69. The van der Waals surface area contributed by atoms with Crippen LogP contribution in [0.1, 0.15) is 24.0 Å². The summed E-state index contributed by atoms with van der Waals surface area (Å²) in [5.41, 5.74) is 9.32. The second-order valence-corrected chi connectivity index (χ2v) is 8.11. The number of nitrogens with one attached hydrogen (secondary N) is 3. The molecule has 31 heavy (non-hydrogen) atoms. The minimum absolute atomic E-state index is 0.310. The Labute approximate surface area is 187 Å². The zero-order chi connectivity index (χ0) is 21.8. The molecule has 1 fully saturated rings. The highest BCUT2D eigenvalue weighted by molar-refractivity contribution is 6.30. The maximum Gasteiger partial charge on any atom is 0.211 e. The minimum atomic E-state index is -1.12. The van der Waals surface area contributed by atoms with E-state index in [0.29, 0.717) is 22.6 Å². The molecular formula is C23H28ClN5O2. The maximum absolute atomic E-state index is 6.69. The van der Waals surface area contributed by atoms with Crippen molar-refractivity contribution in [3.63, 3.8) is 0 Å². The second-order valence-electron chi connectivity index (χ2n) is 7.68. The molecule has 2 heterocycles. The van der Waals surface area contributed by atoms with Gasteiger partial charge in [-0.05, 0) is 55.8 Å². The van der Waals surface area contributed by atoms with Crippen molar-refractivity contribution in [1.82, 2.24) is 16.0 Å². The van der Waals surface area contributed by atoms with Gasteiger partial charge in [-0.25, -0.2) is 4.99 Å². The summed E-state index contributed by atoms with van der Waals surface area (Å²) in [6.45, 7) is 1.95. The first-order valence-corrected chi connectivity index (χ1v) is 10.7. The lowest BCUT2D eigenvalue weighted by Crippen LogP contribution is -2.52. The zero-order valence-corrected chi connectivity index (χ0v) is 18.5. The Kier molecular flexibility index (Phi) is 6.36. The summed E-state index contributed by atoms with van der Waals surface area (Å²) in [6, 6.07) is 13.6. The van der Waals surface area contributed by atoms with Gasteiger partial charge >= 0.3 is 0 Å². The molecule has 164 valence electrons. The Bertz CT molecular complexity index is 1000. The number of hydrogen-bond acceptors (Lipinski definition) is 7. The van der Waals surface area contributed by atoms with Crippen molar-refractivity contribution < 1.29 is 9.47 Å². The highest BCUT2D eigenvalue weighted by Crippen LogP contribution is 2.33.